The van der Waals surface area contributed by atoms with E-state index in [-0.39, 0.29) is 35.1 Å². The summed E-state index contributed by atoms with van der Waals surface area (Å²) in [5, 5.41) is 19.4. The number of carbonyl (C=O) groups is 1. The van der Waals surface area contributed by atoms with Crippen molar-refractivity contribution in [2.75, 3.05) is 18.5 Å². The van der Waals surface area contributed by atoms with E-state index >= 15 is 0 Å². The number of nitrogens with zero attached hydrogens (tertiary/aromatic N) is 4. The zero-order valence-corrected chi connectivity index (χ0v) is 24.3. The molecule has 0 aliphatic carbocycles. The normalized spacial score (nSPS) is 11.9. The minimum absolute atomic E-state index is 0.0609. The van der Waals surface area contributed by atoms with Gasteiger partial charge in [-0.25, -0.2) is 4.98 Å². The van der Waals surface area contributed by atoms with Crippen LogP contribution in [0.1, 0.15) is 44.5 Å². The third-order valence-corrected chi connectivity index (χ3v) is 6.66. The lowest BCUT2D eigenvalue weighted by Gasteiger charge is -2.14. The summed E-state index contributed by atoms with van der Waals surface area (Å²) < 4.78 is 13.2. The number of halogens is 1. The molecule has 1 amide bonds. The van der Waals surface area contributed by atoms with E-state index < -0.39 is 23.1 Å². The molecule has 1 atom stereocenters. The van der Waals surface area contributed by atoms with Gasteiger partial charge in [0.15, 0.2) is 12.4 Å². The Kier molecular flexibility index (Phi) is 9.45. The molecule has 0 unspecified atom stereocenters. The topological polar surface area (TPSA) is 138 Å². The molecule has 0 fully saturated rings. The predicted molar refractivity (Wildman–Crippen MR) is 160 cm³/mol. The van der Waals surface area contributed by atoms with Crippen molar-refractivity contribution in [2.45, 2.75) is 33.1 Å². The van der Waals surface area contributed by atoms with Gasteiger partial charge in [-0.1, -0.05) is 48.0 Å². The fraction of sp³-hybridized carbons (Fsp3) is 0.241. The number of anilines is 1. The number of aromatic nitrogens is 2. The van der Waals surface area contributed by atoms with Crippen LogP contribution in [0.5, 0.6) is 11.5 Å². The van der Waals surface area contributed by atoms with Gasteiger partial charge in [0.2, 0.25) is 5.75 Å². The first kappa shape index (κ1) is 29.4. The van der Waals surface area contributed by atoms with Crippen LogP contribution < -0.4 is 20.3 Å². The van der Waals surface area contributed by atoms with Crippen molar-refractivity contribution in [3.63, 3.8) is 0 Å². The van der Waals surface area contributed by atoms with Crippen LogP contribution in [0.4, 0.5) is 11.4 Å². The lowest BCUT2D eigenvalue weighted by Crippen LogP contribution is -2.23. The average molecular weight is 622 g/mol. The van der Waals surface area contributed by atoms with Gasteiger partial charge in [0.1, 0.15) is 5.82 Å². The van der Waals surface area contributed by atoms with Crippen LogP contribution in [0.3, 0.4) is 0 Å². The van der Waals surface area contributed by atoms with E-state index in [4.69, 9.17) is 9.47 Å². The van der Waals surface area contributed by atoms with Crippen molar-refractivity contribution >= 4 is 50.3 Å². The molecule has 1 aromatic heterocycles. The van der Waals surface area contributed by atoms with Crippen molar-refractivity contribution in [3.8, 4) is 11.5 Å². The summed E-state index contributed by atoms with van der Waals surface area (Å²) in [4.78, 5) is 41.9. The number of nitrogens with one attached hydrogen (secondary N) is 1. The van der Waals surface area contributed by atoms with Crippen LogP contribution in [0.2, 0.25) is 0 Å². The van der Waals surface area contributed by atoms with Crippen molar-refractivity contribution in [2.24, 2.45) is 5.10 Å². The van der Waals surface area contributed by atoms with E-state index in [1.165, 1.54) is 23.0 Å². The third kappa shape index (κ3) is 6.95. The molecule has 4 aromatic rings. The molecule has 0 radical (unpaired) electrons. The molecule has 0 spiro atoms. The van der Waals surface area contributed by atoms with E-state index in [1.54, 1.807) is 43.3 Å². The maximum Gasteiger partial charge on any atom is 0.315 e. The van der Waals surface area contributed by atoms with Crippen LogP contribution >= 0.6 is 15.9 Å². The Balaban J connectivity index is 1.71. The minimum atomic E-state index is -0.629. The van der Waals surface area contributed by atoms with Gasteiger partial charge in [-0.15, -0.1) is 0 Å². The maximum atomic E-state index is 13.4. The number of rotatable bonds is 11. The molecule has 12 heteroatoms. The van der Waals surface area contributed by atoms with Gasteiger partial charge in [-0.2, -0.15) is 9.78 Å². The van der Waals surface area contributed by atoms with Crippen LogP contribution in [-0.4, -0.2) is 39.9 Å². The van der Waals surface area contributed by atoms with E-state index in [0.717, 1.165) is 4.47 Å². The summed E-state index contributed by atoms with van der Waals surface area (Å²) in [6.45, 7) is 5.35. The molecule has 4 rings (SSSR count). The number of nitro benzene ring substituents is 1. The Morgan fingerprint density at radius 3 is 2.61 bits per heavy atom. The number of amides is 1. The molecular formula is C29H28BrN5O6. The second-order valence-corrected chi connectivity index (χ2v) is 9.98. The smallest absolute Gasteiger partial charge is 0.315 e. The highest BCUT2D eigenvalue weighted by Gasteiger charge is 2.24. The van der Waals surface area contributed by atoms with E-state index in [2.05, 4.69) is 31.3 Å². The van der Waals surface area contributed by atoms with Crippen molar-refractivity contribution in [1.82, 2.24) is 9.66 Å². The Bertz CT molecular complexity index is 1670. The number of benzene rings is 3. The molecule has 0 bridgehead atoms. The summed E-state index contributed by atoms with van der Waals surface area (Å²) in [5.74, 6) is -0.241. The molecule has 0 saturated carbocycles. The number of ether oxygens (including phenoxy) is 2. The first-order chi connectivity index (χ1) is 19.7. The Morgan fingerprint density at radius 2 is 1.93 bits per heavy atom. The van der Waals surface area contributed by atoms with Crippen LogP contribution in [0, 0.1) is 10.1 Å². The molecule has 3 aromatic carbocycles. The molecule has 212 valence electrons. The minimum Gasteiger partial charge on any atom is -0.490 e. The van der Waals surface area contributed by atoms with Gasteiger partial charge >= 0.3 is 5.69 Å². The second kappa shape index (κ2) is 13.2. The monoisotopic (exact) mass is 621 g/mol. The largest absolute Gasteiger partial charge is 0.490 e. The zero-order valence-electron chi connectivity index (χ0n) is 22.7. The maximum absolute atomic E-state index is 13.4. The number of nitro groups is 1. The SMILES string of the molecule is CCOc1cc(C=Nn2c([C@@H](C)CC)nc3ccc(Br)cc3c2=O)cc([N+](=O)[O-])c1OCC(=O)Nc1ccccc1. The predicted octanol–water partition coefficient (Wildman–Crippen LogP) is 5.88. The summed E-state index contributed by atoms with van der Waals surface area (Å²) in [7, 11) is 0. The molecule has 41 heavy (non-hydrogen) atoms. The van der Waals surface area contributed by atoms with Gasteiger partial charge in [-0.05, 0) is 49.7 Å². The summed E-state index contributed by atoms with van der Waals surface area (Å²) in [6.07, 6.45) is 2.05. The number of fused-ring (bicyclic) bond motifs is 1. The molecule has 11 nitrogen and oxygen atoms in total. The Labute approximate surface area is 244 Å². The third-order valence-electron chi connectivity index (χ3n) is 6.17. The van der Waals surface area contributed by atoms with E-state index in [1.807, 2.05) is 26.0 Å². The van der Waals surface area contributed by atoms with Crippen LogP contribution in [0.25, 0.3) is 10.9 Å². The highest BCUT2D eigenvalue weighted by Crippen LogP contribution is 2.38. The number of para-hydroxylation sites is 1. The van der Waals surface area contributed by atoms with Gasteiger partial charge in [0, 0.05) is 27.7 Å². The highest BCUT2D eigenvalue weighted by atomic mass is 79.9. The van der Waals surface area contributed by atoms with Crippen molar-refractivity contribution < 1.29 is 19.2 Å². The van der Waals surface area contributed by atoms with Gasteiger partial charge in [-0.3, -0.25) is 19.7 Å². The summed E-state index contributed by atoms with van der Waals surface area (Å²) in [6, 6.07) is 16.8. The molecule has 1 heterocycles. The van der Waals surface area contributed by atoms with Gasteiger partial charge in [0.25, 0.3) is 11.5 Å². The van der Waals surface area contributed by atoms with Crippen molar-refractivity contribution in [3.05, 3.63) is 97.0 Å². The lowest BCUT2D eigenvalue weighted by atomic mass is 10.1. The van der Waals surface area contributed by atoms with Gasteiger partial charge in [0.05, 0.1) is 28.6 Å². The number of carbonyl (C=O) groups excluding carboxylic acids is 1. The number of hydrogen-bond donors (Lipinski definition) is 1. The standard InChI is InChI=1S/C29H28BrN5O6/c1-4-18(3)28-33-23-12-11-20(30)15-22(23)29(37)34(28)31-16-19-13-24(35(38)39)27(25(14-19)40-5-2)41-17-26(36)32-21-9-7-6-8-10-21/h6-16,18H,4-5,17H2,1-3H3,(H,32,36)/t18-/m0/s1. The van der Waals surface area contributed by atoms with E-state index in [9.17, 15) is 19.7 Å². The van der Waals surface area contributed by atoms with Crippen molar-refractivity contribution in [1.29, 1.82) is 0 Å². The molecular weight excluding hydrogens is 594 g/mol. The first-order valence-corrected chi connectivity index (χ1v) is 13.7. The van der Waals surface area contributed by atoms with Crippen LogP contribution in [-0.2, 0) is 4.79 Å². The lowest BCUT2D eigenvalue weighted by molar-refractivity contribution is -0.385. The summed E-state index contributed by atoms with van der Waals surface area (Å²) >= 11 is 3.39. The number of hydrogen-bond acceptors (Lipinski definition) is 8. The van der Waals surface area contributed by atoms with E-state index in [0.29, 0.717) is 28.8 Å². The summed E-state index contributed by atoms with van der Waals surface area (Å²) in [5.41, 5.74) is 0.617. The quantitative estimate of drug-likeness (QED) is 0.125. The van der Waals surface area contributed by atoms with Crippen LogP contribution in [0.15, 0.2) is 75.0 Å². The highest BCUT2D eigenvalue weighted by molar-refractivity contribution is 9.10. The molecule has 0 aliphatic rings. The van der Waals surface area contributed by atoms with Gasteiger partial charge < -0.3 is 14.8 Å². The molecule has 0 saturated heterocycles. The Morgan fingerprint density at radius 1 is 1.17 bits per heavy atom. The first-order valence-electron chi connectivity index (χ1n) is 12.9. The zero-order chi connectivity index (χ0) is 29.5. The Hall–Kier alpha value is -4.58. The molecule has 1 N–H and O–H groups in total. The second-order valence-electron chi connectivity index (χ2n) is 9.06. The fourth-order valence-electron chi connectivity index (χ4n) is 3.99. The average Bonchev–Trinajstić information content (AvgIpc) is 2.96. The fourth-order valence-corrected chi connectivity index (χ4v) is 4.35. The molecule has 0 aliphatic heterocycles.